The van der Waals surface area contributed by atoms with E-state index in [1.165, 1.54) is 0 Å². The molecule has 0 radical (unpaired) electrons. The molecule has 0 aliphatic heterocycles. The van der Waals surface area contributed by atoms with Crippen LogP contribution in [0.2, 0.25) is 5.02 Å². The van der Waals surface area contributed by atoms with Crippen LogP contribution in [0, 0.1) is 0 Å². The van der Waals surface area contributed by atoms with E-state index in [9.17, 15) is 0 Å². The average molecular weight is 337 g/mol. The van der Waals surface area contributed by atoms with Gasteiger partial charge < -0.3 is 10.3 Å². The number of aryl methyl sites for hydroxylation is 1. The van der Waals surface area contributed by atoms with Crippen LogP contribution in [0.25, 0.3) is 22.4 Å². The van der Waals surface area contributed by atoms with Crippen molar-refractivity contribution in [1.29, 1.82) is 0 Å². The van der Waals surface area contributed by atoms with Gasteiger partial charge in [0.15, 0.2) is 0 Å². The first kappa shape index (κ1) is 12.5. The second-order valence-corrected chi connectivity index (χ2v) is 5.60. The Hall–Kier alpha value is -1.52. The van der Waals surface area contributed by atoms with Crippen LogP contribution in [0.1, 0.15) is 0 Å². The Morgan fingerprint density at radius 2 is 2.05 bits per heavy atom. The molecule has 1 aromatic heterocycles. The van der Waals surface area contributed by atoms with E-state index < -0.39 is 0 Å². The summed E-state index contributed by atoms with van der Waals surface area (Å²) in [5.41, 5.74) is 9.34. The van der Waals surface area contributed by atoms with Crippen LogP contribution in [0.5, 0.6) is 0 Å². The van der Waals surface area contributed by atoms with E-state index in [4.69, 9.17) is 17.3 Å². The lowest BCUT2D eigenvalue weighted by Crippen LogP contribution is -1.94. The number of para-hydroxylation sites is 1. The van der Waals surface area contributed by atoms with Gasteiger partial charge in [-0.25, -0.2) is 4.98 Å². The van der Waals surface area contributed by atoms with E-state index in [2.05, 4.69) is 20.9 Å². The molecular weight excluding hydrogens is 326 g/mol. The van der Waals surface area contributed by atoms with Gasteiger partial charge in [0.05, 0.1) is 16.1 Å². The van der Waals surface area contributed by atoms with Crippen LogP contribution in [0.15, 0.2) is 40.9 Å². The Kier molecular flexibility index (Phi) is 2.99. The molecule has 0 unspecified atom stereocenters. The summed E-state index contributed by atoms with van der Waals surface area (Å²) in [6, 6.07) is 11.5. The molecule has 0 aliphatic carbocycles. The molecule has 19 heavy (non-hydrogen) atoms. The van der Waals surface area contributed by atoms with Crippen LogP contribution < -0.4 is 5.73 Å². The SMILES string of the molecule is Cn1c(-c2ccc(N)c(Br)c2)nc2cccc(Cl)c21. The number of aromatic nitrogens is 2. The van der Waals surface area contributed by atoms with Crippen molar-refractivity contribution in [2.24, 2.45) is 7.05 Å². The van der Waals surface area contributed by atoms with E-state index in [0.29, 0.717) is 10.7 Å². The van der Waals surface area contributed by atoms with Gasteiger partial charge in [-0.05, 0) is 46.3 Å². The zero-order valence-electron chi connectivity index (χ0n) is 10.2. The summed E-state index contributed by atoms with van der Waals surface area (Å²) < 4.78 is 2.86. The summed E-state index contributed by atoms with van der Waals surface area (Å²) in [7, 11) is 1.96. The van der Waals surface area contributed by atoms with Crippen LogP contribution in [0.4, 0.5) is 5.69 Å². The van der Waals surface area contributed by atoms with Crippen LogP contribution in [-0.2, 0) is 7.05 Å². The minimum Gasteiger partial charge on any atom is -0.398 e. The zero-order chi connectivity index (χ0) is 13.6. The van der Waals surface area contributed by atoms with Crippen molar-refractivity contribution in [3.05, 3.63) is 45.9 Å². The van der Waals surface area contributed by atoms with Gasteiger partial charge in [-0.15, -0.1) is 0 Å². The van der Waals surface area contributed by atoms with Gasteiger partial charge in [0.25, 0.3) is 0 Å². The Bertz CT molecular complexity index is 780. The molecule has 2 aromatic carbocycles. The molecule has 5 heteroatoms. The third-order valence-electron chi connectivity index (χ3n) is 3.10. The van der Waals surface area contributed by atoms with Crippen LogP contribution >= 0.6 is 27.5 Å². The Morgan fingerprint density at radius 3 is 2.74 bits per heavy atom. The smallest absolute Gasteiger partial charge is 0.140 e. The van der Waals surface area contributed by atoms with Crippen molar-refractivity contribution >= 4 is 44.3 Å². The molecule has 0 saturated carbocycles. The maximum atomic E-state index is 6.23. The number of nitrogens with zero attached hydrogens (tertiary/aromatic N) is 2. The molecule has 3 rings (SSSR count). The number of imidazole rings is 1. The molecule has 0 spiro atoms. The maximum absolute atomic E-state index is 6.23. The predicted molar refractivity (Wildman–Crippen MR) is 83.3 cm³/mol. The zero-order valence-corrected chi connectivity index (χ0v) is 12.5. The molecule has 3 aromatic rings. The van der Waals surface area contributed by atoms with E-state index in [1.807, 2.05) is 48.0 Å². The highest BCUT2D eigenvalue weighted by molar-refractivity contribution is 9.10. The van der Waals surface area contributed by atoms with Crippen LogP contribution in [-0.4, -0.2) is 9.55 Å². The second-order valence-electron chi connectivity index (χ2n) is 4.34. The van der Waals surface area contributed by atoms with Crippen molar-refractivity contribution in [2.45, 2.75) is 0 Å². The summed E-state index contributed by atoms with van der Waals surface area (Å²) in [6.07, 6.45) is 0. The van der Waals surface area contributed by atoms with Crippen molar-refractivity contribution in [3.63, 3.8) is 0 Å². The van der Waals surface area contributed by atoms with Crippen molar-refractivity contribution in [3.8, 4) is 11.4 Å². The van der Waals surface area contributed by atoms with Gasteiger partial charge in [0.2, 0.25) is 0 Å². The van der Waals surface area contributed by atoms with Crippen molar-refractivity contribution in [2.75, 3.05) is 5.73 Å². The number of halogens is 2. The highest BCUT2D eigenvalue weighted by Crippen LogP contribution is 2.31. The first-order chi connectivity index (χ1) is 9.08. The second kappa shape index (κ2) is 4.54. The molecule has 2 N–H and O–H groups in total. The molecule has 0 aliphatic rings. The molecule has 96 valence electrons. The molecule has 0 atom stereocenters. The molecule has 0 fully saturated rings. The summed E-state index contributed by atoms with van der Waals surface area (Å²) in [6.45, 7) is 0. The van der Waals surface area contributed by atoms with Gasteiger partial charge in [-0.2, -0.15) is 0 Å². The monoisotopic (exact) mass is 335 g/mol. The molecule has 1 heterocycles. The highest BCUT2D eigenvalue weighted by atomic mass is 79.9. The molecular formula is C14H11BrClN3. The fourth-order valence-electron chi connectivity index (χ4n) is 2.15. The fourth-order valence-corrected chi connectivity index (χ4v) is 2.82. The third-order valence-corrected chi connectivity index (χ3v) is 4.10. The molecule has 0 amide bonds. The highest BCUT2D eigenvalue weighted by Gasteiger charge is 2.12. The van der Waals surface area contributed by atoms with Gasteiger partial charge in [-0.1, -0.05) is 17.7 Å². The Morgan fingerprint density at radius 1 is 1.26 bits per heavy atom. The summed E-state index contributed by atoms with van der Waals surface area (Å²) >= 11 is 9.67. The van der Waals surface area contributed by atoms with E-state index in [-0.39, 0.29) is 0 Å². The summed E-state index contributed by atoms with van der Waals surface area (Å²) in [4.78, 5) is 4.63. The average Bonchev–Trinajstić information content (AvgIpc) is 2.72. The largest absolute Gasteiger partial charge is 0.398 e. The summed E-state index contributed by atoms with van der Waals surface area (Å²) in [5.74, 6) is 0.865. The minimum absolute atomic E-state index is 0.702. The summed E-state index contributed by atoms with van der Waals surface area (Å²) in [5, 5.41) is 0.702. The number of rotatable bonds is 1. The third kappa shape index (κ3) is 2.01. The van der Waals surface area contributed by atoms with Gasteiger partial charge in [0, 0.05) is 22.8 Å². The molecule has 0 bridgehead atoms. The Balaban J connectivity index is 2.28. The topological polar surface area (TPSA) is 43.8 Å². The van der Waals surface area contributed by atoms with Gasteiger partial charge >= 0.3 is 0 Å². The number of nitrogens with two attached hydrogens (primary N) is 1. The quantitative estimate of drug-likeness (QED) is 0.676. The van der Waals surface area contributed by atoms with E-state index in [1.54, 1.807) is 0 Å². The predicted octanol–water partition coefficient (Wildman–Crippen LogP) is 4.24. The number of anilines is 1. The van der Waals surface area contributed by atoms with Crippen molar-refractivity contribution in [1.82, 2.24) is 9.55 Å². The molecule has 0 saturated heterocycles. The number of benzene rings is 2. The minimum atomic E-state index is 0.702. The first-order valence-corrected chi connectivity index (χ1v) is 6.91. The normalized spacial score (nSPS) is 11.1. The van der Waals surface area contributed by atoms with Crippen molar-refractivity contribution < 1.29 is 0 Å². The Labute approximate surface area is 124 Å². The van der Waals surface area contributed by atoms with Gasteiger partial charge in [0.1, 0.15) is 5.82 Å². The number of hydrogen-bond acceptors (Lipinski definition) is 2. The van der Waals surface area contributed by atoms with E-state index in [0.717, 1.165) is 26.9 Å². The maximum Gasteiger partial charge on any atom is 0.140 e. The van der Waals surface area contributed by atoms with Gasteiger partial charge in [-0.3, -0.25) is 0 Å². The lowest BCUT2D eigenvalue weighted by molar-refractivity contribution is 0.959. The van der Waals surface area contributed by atoms with E-state index >= 15 is 0 Å². The number of nitrogen functional groups attached to an aromatic ring is 1. The number of hydrogen-bond donors (Lipinski definition) is 1. The molecule has 3 nitrogen and oxygen atoms in total. The number of fused-ring (bicyclic) bond motifs is 1. The lowest BCUT2D eigenvalue weighted by Gasteiger charge is -2.05. The lowest BCUT2D eigenvalue weighted by atomic mass is 10.2. The first-order valence-electron chi connectivity index (χ1n) is 5.74. The fraction of sp³-hybridized carbons (Fsp3) is 0.0714. The standard InChI is InChI=1S/C14H11BrClN3/c1-19-13-10(16)3-2-4-12(13)18-14(19)8-5-6-11(17)9(15)7-8/h2-7H,17H2,1H3. The van der Waals surface area contributed by atoms with Crippen LogP contribution in [0.3, 0.4) is 0 Å².